The minimum Gasteiger partial charge on any atom is -0.372 e. The molecule has 0 aliphatic rings. The summed E-state index contributed by atoms with van der Waals surface area (Å²) in [6.07, 6.45) is 2.40. The van der Waals surface area contributed by atoms with Crippen molar-refractivity contribution in [2.24, 2.45) is 0 Å². The van der Waals surface area contributed by atoms with Gasteiger partial charge in [0.15, 0.2) is 0 Å². The molecule has 0 saturated carbocycles. The Bertz CT molecular complexity index is 356. The minimum absolute atomic E-state index is 0.113. The fourth-order valence-electron chi connectivity index (χ4n) is 1.72. The summed E-state index contributed by atoms with van der Waals surface area (Å²) in [6.45, 7) is 10.4. The molecule has 0 fully saturated rings. The molecular weight excluding hydrogens is 302 g/mol. The molecule has 1 rings (SSSR count). The van der Waals surface area contributed by atoms with Crippen molar-refractivity contribution in [3.05, 3.63) is 34.3 Å². The maximum Gasteiger partial charge on any atom is 0.0949 e. The van der Waals surface area contributed by atoms with Crippen LogP contribution in [0.1, 0.15) is 52.2 Å². The van der Waals surface area contributed by atoms with E-state index in [1.165, 1.54) is 12.0 Å². The predicted molar refractivity (Wildman–Crippen MR) is 85.5 cm³/mol. The molecule has 2 nitrogen and oxygen atoms in total. The van der Waals surface area contributed by atoms with Crippen LogP contribution in [0.4, 0.5) is 0 Å². The van der Waals surface area contributed by atoms with Crippen molar-refractivity contribution in [3.8, 4) is 0 Å². The Balaban J connectivity index is 2.65. The van der Waals surface area contributed by atoms with E-state index in [1.54, 1.807) is 0 Å². The van der Waals surface area contributed by atoms with Crippen molar-refractivity contribution in [2.45, 2.75) is 52.2 Å². The SMILES string of the molecule is CCCCOC(CNC(C)(C)C)c1ccc(Br)cc1. The molecule has 0 spiro atoms. The average molecular weight is 328 g/mol. The van der Waals surface area contributed by atoms with Crippen LogP contribution in [0.5, 0.6) is 0 Å². The zero-order valence-electron chi connectivity index (χ0n) is 12.5. The second-order valence-corrected chi connectivity index (χ2v) is 6.81. The second kappa shape index (κ2) is 8.03. The Labute approximate surface area is 126 Å². The number of halogens is 1. The number of rotatable bonds is 7. The molecule has 0 heterocycles. The van der Waals surface area contributed by atoms with E-state index in [1.807, 2.05) is 0 Å². The lowest BCUT2D eigenvalue weighted by atomic mass is 10.1. The zero-order chi connectivity index (χ0) is 14.3. The number of benzene rings is 1. The smallest absolute Gasteiger partial charge is 0.0949 e. The lowest BCUT2D eigenvalue weighted by Gasteiger charge is -2.26. The van der Waals surface area contributed by atoms with Crippen molar-refractivity contribution in [1.82, 2.24) is 5.32 Å². The van der Waals surface area contributed by atoms with Crippen LogP contribution in [0.2, 0.25) is 0 Å². The highest BCUT2D eigenvalue weighted by atomic mass is 79.9. The average Bonchev–Trinajstić information content (AvgIpc) is 2.34. The fourth-order valence-corrected chi connectivity index (χ4v) is 1.98. The first-order chi connectivity index (χ1) is 8.92. The molecule has 3 heteroatoms. The summed E-state index contributed by atoms with van der Waals surface area (Å²) in [5.41, 5.74) is 1.35. The first-order valence-electron chi connectivity index (χ1n) is 7.04. The molecule has 1 atom stereocenters. The summed E-state index contributed by atoms with van der Waals surface area (Å²) >= 11 is 3.47. The van der Waals surface area contributed by atoms with Gasteiger partial charge in [0.1, 0.15) is 0 Å². The molecule has 1 unspecified atom stereocenters. The number of ether oxygens (including phenoxy) is 1. The van der Waals surface area contributed by atoms with Crippen molar-refractivity contribution in [1.29, 1.82) is 0 Å². The quantitative estimate of drug-likeness (QED) is 0.733. The largest absolute Gasteiger partial charge is 0.372 e. The monoisotopic (exact) mass is 327 g/mol. The topological polar surface area (TPSA) is 21.3 Å². The van der Waals surface area contributed by atoms with Gasteiger partial charge in [0.2, 0.25) is 0 Å². The third-order valence-electron chi connectivity index (χ3n) is 2.88. The van der Waals surface area contributed by atoms with Gasteiger partial charge >= 0.3 is 0 Å². The van der Waals surface area contributed by atoms with E-state index < -0.39 is 0 Å². The maximum atomic E-state index is 6.03. The highest BCUT2D eigenvalue weighted by Gasteiger charge is 2.16. The van der Waals surface area contributed by atoms with E-state index in [-0.39, 0.29) is 11.6 Å². The standard InChI is InChI=1S/C16H26BrNO/c1-5-6-11-19-15(12-18-16(2,3)4)13-7-9-14(17)10-8-13/h7-10,15,18H,5-6,11-12H2,1-4H3. The molecule has 0 aliphatic carbocycles. The van der Waals surface area contributed by atoms with E-state index in [2.05, 4.69) is 73.2 Å². The van der Waals surface area contributed by atoms with Gasteiger partial charge < -0.3 is 10.1 Å². The van der Waals surface area contributed by atoms with Crippen LogP contribution in [0, 0.1) is 0 Å². The first-order valence-corrected chi connectivity index (χ1v) is 7.84. The maximum absolute atomic E-state index is 6.03. The second-order valence-electron chi connectivity index (χ2n) is 5.90. The summed E-state index contributed by atoms with van der Waals surface area (Å²) in [5.74, 6) is 0. The molecule has 0 aliphatic heterocycles. The number of hydrogen-bond donors (Lipinski definition) is 1. The van der Waals surface area contributed by atoms with E-state index in [0.29, 0.717) is 0 Å². The molecule has 0 radical (unpaired) electrons. The van der Waals surface area contributed by atoms with Crippen LogP contribution >= 0.6 is 15.9 Å². The molecule has 0 amide bonds. The number of unbranched alkanes of at least 4 members (excludes halogenated alkanes) is 1. The zero-order valence-corrected chi connectivity index (χ0v) is 14.1. The van der Waals surface area contributed by atoms with E-state index in [4.69, 9.17) is 4.74 Å². The summed E-state index contributed by atoms with van der Waals surface area (Å²) in [4.78, 5) is 0. The fraction of sp³-hybridized carbons (Fsp3) is 0.625. The number of hydrogen-bond acceptors (Lipinski definition) is 2. The van der Waals surface area contributed by atoms with E-state index >= 15 is 0 Å². The van der Waals surface area contributed by atoms with Gasteiger partial charge in [-0.2, -0.15) is 0 Å². The summed E-state index contributed by atoms with van der Waals surface area (Å²) < 4.78 is 7.13. The van der Waals surface area contributed by atoms with Crippen LogP contribution in [0.3, 0.4) is 0 Å². The van der Waals surface area contributed by atoms with Crippen molar-refractivity contribution in [3.63, 3.8) is 0 Å². The molecule has 108 valence electrons. The van der Waals surface area contributed by atoms with Gasteiger partial charge in [-0.05, 0) is 44.9 Å². The van der Waals surface area contributed by atoms with Crippen LogP contribution in [0.15, 0.2) is 28.7 Å². The number of nitrogens with one attached hydrogen (secondary N) is 1. The van der Waals surface area contributed by atoms with Gasteiger partial charge in [0.05, 0.1) is 6.10 Å². The predicted octanol–water partition coefficient (Wildman–Crippen LogP) is 4.70. The Hall–Kier alpha value is -0.380. The highest BCUT2D eigenvalue weighted by molar-refractivity contribution is 9.10. The third-order valence-corrected chi connectivity index (χ3v) is 3.41. The molecule has 0 saturated heterocycles. The lowest BCUT2D eigenvalue weighted by Crippen LogP contribution is -2.39. The van der Waals surface area contributed by atoms with Gasteiger partial charge in [-0.15, -0.1) is 0 Å². The molecule has 0 bridgehead atoms. The van der Waals surface area contributed by atoms with Gasteiger partial charge in [-0.25, -0.2) is 0 Å². The summed E-state index contributed by atoms with van der Waals surface area (Å²) in [6, 6.07) is 8.40. The Morgan fingerprint density at radius 1 is 1.21 bits per heavy atom. The van der Waals surface area contributed by atoms with Crippen molar-refractivity contribution < 1.29 is 4.74 Å². The van der Waals surface area contributed by atoms with E-state index in [0.717, 1.165) is 24.0 Å². The molecule has 1 aromatic rings. The molecule has 1 aromatic carbocycles. The van der Waals surface area contributed by atoms with Gasteiger partial charge in [-0.3, -0.25) is 0 Å². The van der Waals surface area contributed by atoms with Gasteiger partial charge in [-0.1, -0.05) is 41.4 Å². The summed E-state index contributed by atoms with van der Waals surface area (Å²) in [5, 5.41) is 3.53. The van der Waals surface area contributed by atoms with Gasteiger partial charge in [0.25, 0.3) is 0 Å². The Kier molecular flexibility index (Phi) is 7.05. The Morgan fingerprint density at radius 2 is 1.84 bits per heavy atom. The van der Waals surface area contributed by atoms with Crippen LogP contribution in [-0.4, -0.2) is 18.7 Å². The molecular formula is C16H26BrNO. The highest BCUT2D eigenvalue weighted by Crippen LogP contribution is 2.20. The lowest BCUT2D eigenvalue weighted by molar-refractivity contribution is 0.0464. The van der Waals surface area contributed by atoms with Crippen molar-refractivity contribution in [2.75, 3.05) is 13.2 Å². The van der Waals surface area contributed by atoms with E-state index in [9.17, 15) is 0 Å². The summed E-state index contributed by atoms with van der Waals surface area (Å²) in [7, 11) is 0. The van der Waals surface area contributed by atoms with Crippen LogP contribution < -0.4 is 5.32 Å². The van der Waals surface area contributed by atoms with Crippen LogP contribution in [0.25, 0.3) is 0 Å². The normalized spacial score (nSPS) is 13.5. The van der Waals surface area contributed by atoms with Gasteiger partial charge in [0, 0.05) is 23.2 Å². The first kappa shape index (κ1) is 16.7. The Morgan fingerprint density at radius 3 is 2.37 bits per heavy atom. The third kappa shape index (κ3) is 7.09. The van der Waals surface area contributed by atoms with Crippen molar-refractivity contribution >= 4 is 15.9 Å². The minimum atomic E-state index is 0.113. The molecule has 19 heavy (non-hydrogen) atoms. The van der Waals surface area contributed by atoms with Crippen LogP contribution in [-0.2, 0) is 4.74 Å². The molecule has 1 N–H and O–H groups in total. The molecule has 0 aromatic heterocycles.